The SMILES string of the molecule is CCOc1cccc(NC(=O)c2cc3ccccc3c(N=Nc3cc(S(=O)(=O)O)cc(Cl)c3CC)c2O)c1. The topological polar surface area (TPSA) is 138 Å². The van der Waals surface area contributed by atoms with Crippen molar-refractivity contribution in [2.24, 2.45) is 10.2 Å². The molecule has 4 rings (SSSR count). The van der Waals surface area contributed by atoms with E-state index < -0.39 is 26.7 Å². The Hall–Kier alpha value is -3.99. The number of nitrogens with one attached hydrogen (secondary N) is 1. The van der Waals surface area contributed by atoms with Crippen molar-refractivity contribution < 1.29 is 27.6 Å². The van der Waals surface area contributed by atoms with Crippen molar-refractivity contribution in [1.29, 1.82) is 0 Å². The number of hydrogen-bond donors (Lipinski definition) is 3. The molecule has 11 heteroatoms. The standard InChI is InChI=1S/C27H24ClN3O6S/c1-3-20-23(28)14-19(38(34,35)36)15-24(20)30-31-25-21-11-6-5-8-16(21)12-22(26(25)32)27(33)29-17-9-7-10-18(13-17)37-4-2/h5-15,32H,3-4H2,1-2H3,(H,29,33)(H,34,35,36). The Morgan fingerprint density at radius 2 is 1.79 bits per heavy atom. The summed E-state index contributed by atoms with van der Waals surface area (Å²) in [7, 11) is -4.55. The van der Waals surface area contributed by atoms with Crippen molar-refractivity contribution >= 4 is 55.5 Å². The maximum absolute atomic E-state index is 13.2. The highest BCUT2D eigenvalue weighted by atomic mass is 35.5. The van der Waals surface area contributed by atoms with E-state index in [0.29, 0.717) is 40.8 Å². The fourth-order valence-corrected chi connectivity index (χ4v) is 4.85. The average Bonchev–Trinajstić information content (AvgIpc) is 2.87. The van der Waals surface area contributed by atoms with Crippen molar-refractivity contribution in [3.05, 3.63) is 82.9 Å². The molecule has 0 aliphatic carbocycles. The van der Waals surface area contributed by atoms with Gasteiger partial charge in [0.05, 0.1) is 22.8 Å². The van der Waals surface area contributed by atoms with Crippen LogP contribution in [-0.2, 0) is 16.5 Å². The van der Waals surface area contributed by atoms with Crippen LogP contribution >= 0.6 is 11.6 Å². The maximum Gasteiger partial charge on any atom is 0.294 e. The van der Waals surface area contributed by atoms with Gasteiger partial charge in [-0.25, -0.2) is 0 Å². The molecule has 4 aromatic rings. The van der Waals surface area contributed by atoms with E-state index >= 15 is 0 Å². The van der Waals surface area contributed by atoms with E-state index in [-0.39, 0.29) is 22.0 Å². The lowest BCUT2D eigenvalue weighted by Gasteiger charge is -2.12. The Labute approximate surface area is 224 Å². The molecule has 0 unspecified atom stereocenters. The number of carbonyl (C=O) groups is 1. The van der Waals surface area contributed by atoms with Crippen LogP contribution in [0, 0.1) is 0 Å². The van der Waals surface area contributed by atoms with Crippen LogP contribution in [0.25, 0.3) is 10.8 Å². The van der Waals surface area contributed by atoms with Crippen LogP contribution < -0.4 is 10.1 Å². The number of fused-ring (bicyclic) bond motifs is 1. The summed E-state index contributed by atoms with van der Waals surface area (Å²) in [5, 5.41) is 23.5. The largest absolute Gasteiger partial charge is 0.505 e. The normalized spacial score (nSPS) is 11.7. The smallest absolute Gasteiger partial charge is 0.294 e. The number of phenols is 1. The molecule has 0 atom stereocenters. The molecular weight excluding hydrogens is 530 g/mol. The molecule has 0 aromatic heterocycles. The van der Waals surface area contributed by atoms with E-state index in [9.17, 15) is 22.9 Å². The molecule has 0 aliphatic heterocycles. The lowest BCUT2D eigenvalue weighted by molar-refractivity contribution is 0.102. The molecule has 9 nitrogen and oxygen atoms in total. The van der Waals surface area contributed by atoms with Gasteiger partial charge in [-0.05, 0) is 54.6 Å². The van der Waals surface area contributed by atoms with Crippen molar-refractivity contribution in [3.63, 3.8) is 0 Å². The minimum Gasteiger partial charge on any atom is -0.505 e. The number of carbonyl (C=O) groups excluding carboxylic acids is 1. The molecule has 0 spiro atoms. The lowest BCUT2D eigenvalue weighted by atomic mass is 10.0. The number of azo groups is 1. The summed E-state index contributed by atoms with van der Waals surface area (Å²) in [6.45, 7) is 4.12. The second-order valence-corrected chi connectivity index (χ2v) is 10.0. The molecule has 0 fully saturated rings. The van der Waals surface area contributed by atoms with Gasteiger partial charge in [-0.1, -0.05) is 48.9 Å². The van der Waals surface area contributed by atoms with Gasteiger partial charge in [0.1, 0.15) is 11.4 Å². The van der Waals surface area contributed by atoms with Crippen LogP contribution in [0.5, 0.6) is 11.5 Å². The highest BCUT2D eigenvalue weighted by Crippen LogP contribution is 2.41. The Balaban J connectivity index is 1.80. The minimum absolute atomic E-state index is 0.00625. The summed E-state index contributed by atoms with van der Waals surface area (Å²) in [5.41, 5.74) is 1.03. The zero-order valence-corrected chi connectivity index (χ0v) is 22.0. The number of ether oxygens (including phenoxy) is 1. The zero-order valence-electron chi connectivity index (χ0n) is 20.5. The summed E-state index contributed by atoms with van der Waals surface area (Å²) in [5.74, 6) is -0.412. The number of phenolic OH excluding ortho intramolecular Hbond substituents is 1. The van der Waals surface area contributed by atoms with E-state index in [1.54, 1.807) is 61.5 Å². The number of benzene rings is 4. The van der Waals surface area contributed by atoms with Crippen LogP contribution in [0.15, 0.2) is 81.9 Å². The van der Waals surface area contributed by atoms with E-state index in [0.717, 1.165) is 12.1 Å². The Morgan fingerprint density at radius 1 is 1.03 bits per heavy atom. The first-order valence-corrected chi connectivity index (χ1v) is 13.4. The first kappa shape index (κ1) is 27.1. The molecule has 196 valence electrons. The molecule has 0 saturated heterocycles. The third kappa shape index (κ3) is 5.77. The van der Waals surface area contributed by atoms with Crippen LogP contribution in [0.1, 0.15) is 29.8 Å². The zero-order chi connectivity index (χ0) is 27.4. The van der Waals surface area contributed by atoms with Crippen molar-refractivity contribution in [2.45, 2.75) is 25.2 Å². The summed E-state index contributed by atoms with van der Waals surface area (Å²) in [6, 6.07) is 17.7. The quantitative estimate of drug-likeness (QED) is 0.157. The molecule has 3 N–H and O–H groups in total. The predicted octanol–water partition coefficient (Wildman–Crippen LogP) is 7.07. The van der Waals surface area contributed by atoms with E-state index in [4.69, 9.17) is 16.3 Å². The maximum atomic E-state index is 13.2. The third-order valence-corrected chi connectivity index (χ3v) is 6.87. The average molecular weight is 554 g/mol. The number of aromatic hydroxyl groups is 1. The molecular formula is C27H24ClN3O6S. The summed E-state index contributed by atoms with van der Waals surface area (Å²) in [4.78, 5) is 12.7. The van der Waals surface area contributed by atoms with Crippen LogP contribution in [-0.4, -0.2) is 30.6 Å². The van der Waals surface area contributed by atoms with E-state index in [1.807, 2.05) is 6.92 Å². The fraction of sp³-hybridized carbons (Fsp3) is 0.148. The summed E-state index contributed by atoms with van der Waals surface area (Å²) in [6.07, 6.45) is 0.398. The molecule has 0 radical (unpaired) electrons. The summed E-state index contributed by atoms with van der Waals surface area (Å²) >= 11 is 6.24. The van der Waals surface area contributed by atoms with Crippen LogP contribution in [0.4, 0.5) is 17.1 Å². The van der Waals surface area contributed by atoms with Gasteiger partial charge in [0, 0.05) is 22.2 Å². The number of nitrogens with zero attached hydrogens (tertiary/aromatic N) is 2. The number of rotatable bonds is 8. The van der Waals surface area contributed by atoms with Crippen LogP contribution in [0.3, 0.4) is 0 Å². The second kappa shape index (κ2) is 11.2. The Kier molecular flexibility index (Phi) is 7.96. The van der Waals surface area contributed by atoms with Crippen LogP contribution in [0.2, 0.25) is 5.02 Å². The molecule has 4 aromatic carbocycles. The van der Waals surface area contributed by atoms with Gasteiger partial charge in [0.2, 0.25) is 0 Å². The fourth-order valence-electron chi connectivity index (χ4n) is 3.91. The molecule has 0 bridgehead atoms. The van der Waals surface area contributed by atoms with Gasteiger partial charge in [-0.3, -0.25) is 9.35 Å². The number of amides is 1. The second-order valence-electron chi connectivity index (χ2n) is 8.19. The van der Waals surface area contributed by atoms with E-state index in [1.165, 1.54) is 0 Å². The Morgan fingerprint density at radius 3 is 2.50 bits per heavy atom. The monoisotopic (exact) mass is 553 g/mol. The summed E-state index contributed by atoms with van der Waals surface area (Å²) < 4.78 is 38.4. The van der Waals surface area contributed by atoms with Crippen molar-refractivity contribution in [1.82, 2.24) is 0 Å². The van der Waals surface area contributed by atoms with Gasteiger partial charge in [-0.15, -0.1) is 5.11 Å². The molecule has 38 heavy (non-hydrogen) atoms. The van der Waals surface area contributed by atoms with Crippen molar-refractivity contribution in [2.75, 3.05) is 11.9 Å². The van der Waals surface area contributed by atoms with Gasteiger partial charge >= 0.3 is 0 Å². The number of hydrogen-bond acceptors (Lipinski definition) is 7. The predicted molar refractivity (Wildman–Crippen MR) is 146 cm³/mol. The lowest BCUT2D eigenvalue weighted by Crippen LogP contribution is -2.12. The van der Waals surface area contributed by atoms with Gasteiger partial charge in [0.25, 0.3) is 16.0 Å². The minimum atomic E-state index is -4.55. The first-order valence-electron chi connectivity index (χ1n) is 11.6. The highest BCUT2D eigenvalue weighted by molar-refractivity contribution is 7.85. The van der Waals surface area contributed by atoms with Gasteiger partial charge < -0.3 is 15.2 Å². The number of halogens is 1. The Bertz CT molecular complexity index is 1670. The van der Waals surface area contributed by atoms with E-state index in [2.05, 4.69) is 15.5 Å². The van der Waals surface area contributed by atoms with Gasteiger partial charge in [0.15, 0.2) is 5.75 Å². The van der Waals surface area contributed by atoms with Gasteiger partial charge in [-0.2, -0.15) is 13.5 Å². The van der Waals surface area contributed by atoms with Crippen molar-refractivity contribution in [3.8, 4) is 11.5 Å². The molecule has 1 amide bonds. The molecule has 0 aliphatic rings. The first-order chi connectivity index (χ1) is 18.1. The molecule has 0 heterocycles. The highest BCUT2D eigenvalue weighted by Gasteiger charge is 2.20. The molecule has 0 saturated carbocycles. The number of anilines is 1. The third-order valence-electron chi connectivity index (χ3n) is 5.70.